The lowest BCUT2D eigenvalue weighted by Crippen LogP contribution is -2.41. The number of carbonyl (C=O) groups excluding carboxylic acids is 1. The van der Waals surface area contributed by atoms with Gasteiger partial charge in [0.2, 0.25) is 5.91 Å². The minimum Gasteiger partial charge on any atom is -0.355 e. The van der Waals surface area contributed by atoms with Gasteiger partial charge in [-0.1, -0.05) is 12.1 Å². The molecule has 3 nitrogen and oxygen atoms in total. The number of carbonyl (C=O) groups is 1. The summed E-state index contributed by atoms with van der Waals surface area (Å²) in [5.41, 5.74) is 0.956. The number of halogens is 1. The summed E-state index contributed by atoms with van der Waals surface area (Å²) in [5, 5.41) is 5.80. The summed E-state index contributed by atoms with van der Waals surface area (Å²) in [5.74, 6) is -0.273. The van der Waals surface area contributed by atoms with Crippen LogP contribution >= 0.6 is 0 Å². The molecule has 0 bridgehead atoms. The van der Waals surface area contributed by atoms with E-state index in [2.05, 4.69) is 10.6 Å². The molecule has 0 fully saturated rings. The van der Waals surface area contributed by atoms with Crippen LogP contribution in [0.5, 0.6) is 0 Å². The van der Waals surface area contributed by atoms with Gasteiger partial charge in [-0.05, 0) is 31.5 Å². The highest BCUT2D eigenvalue weighted by molar-refractivity contribution is 5.81. The Bertz CT molecular complexity index is 337. The van der Waals surface area contributed by atoms with Gasteiger partial charge in [-0.3, -0.25) is 4.79 Å². The quantitative estimate of drug-likeness (QED) is 0.794. The Morgan fingerprint density at radius 3 is 2.56 bits per heavy atom. The van der Waals surface area contributed by atoms with E-state index in [-0.39, 0.29) is 17.8 Å². The zero-order valence-corrected chi connectivity index (χ0v) is 9.59. The molecule has 1 rings (SSSR count). The Labute approximate surface area is 95.0 Å². The number of nitrogens with one attached hydrogen (secondary N) is 2. The maximum atomic E-state index is 12.6. The van der Waals surface area contributed by atoms with E-state index in [4.69, 9.17) is 0 Å². The van der Waals surface area contributed by atoms with Gasteiger partial charge in [0.15, 0.2) is 0 Å². The van der Waals surface area contributed by atoms with E-state index in [0.29, 0.717) is 13.1 Å². The van der Waals surface area contributed by atoms with Crippen molar-refractivity contribution in [3.8, 4) is 0 Å². The molecule has 0 aliphatic rings. The van der Waals surface area contributed by atoms with Crippen LogP contribution in [0.2, 0.25) is 0 Å². The van der Waals surface area contributed by atoms with Gasteiger partial charge >= 0.3 is 0 Å². The molecule has 1 atom stereocenters. The molecule has 1 aromatic rings. The lowest BCUT2D eigenvalue weighted by atomic mass is 10.2. The monoisotopic (exact) mass is 224 g/mol. The summed E-state index contributed by atoms with van der Waals surface area (Å²) in [4.78, 5) is 11.4. The second kappa shape index (κ2) is 6.23. The predicted octanol–water partition coefficient (Wildman–Crippen LogP) is 1.44. The van der Waals surface area contributed by atoms with Gasteiger partial charge < -0.3 is 10.6 Å². The maximum absolute atomic E-state index is 12.6. The molecule has 0 spiro atoms. The number of hydrogen-bond donors (Lipinski definition) is 2. The lowest BCUT2D eigenvalue weighted by molar-refractivity contribution is -0.122. The van der Waals surface area contributed by atoms with Crippen molar-refractivity contribution < 1.29 is 9.18 Å². The lowest BCUT2D eigenvalue weighted by Gasteiger charge is -2.13. The fraction of sp³-hybridized carbons (Fsp3) is 0.417. The van der Waals surface area contributed by atoms with E-state index in [9.17, 15) is 9.18 Å². The van der Waals surface area contributed by atoms with Gasteiger partial charge in [0, 0.05) is 13.1 Å². The van der Waals surface area contributed by atoms with Crippen molar-refractivity contribution in [2.45, 2.75) is 26.4 Å². The topological polar surface area (TPSA) is 41.1 Å². The van der Waals surface area contributed by atoms with Gasteiger partial charge in [-0.15, -0.1) is 0 Å². The Morgan fingerprint density at radius 1 is 1.38 bits per heavy atom. The summed E-state index contributed by atoms with van der Waals surface area (Å²) in [6, 6.07) is 5.98. The van der Waals surface area contributed by atoms with E-state index < -0.39 is 0 Å². The van der Waals surface area contributed by atoms with Crippen molar-refractivity contribution in [2.24, 2.45) is 0 Å². The molecule has 4 heteroatoms. The Balaban J connectivity index is 2.39. The van der Waals surface area contributed by atoms with Crippen molar-refractivity contribution in [1.82, 2.24) is 10.6 Å². The van der Waals surface area contributed by atoms with Crippen LogP contribution in [0.3, 0.4) is 0 Å². The molecule has 88 valence electrons. The molecule has 0 heterocycles. The molecule has 1 unspecified atom stereocenters. The highest BCUT2D eigenvalue weighted by Crippen LogP contribution is 2.02. The van der Waals surface area contributed by atoms with Gasteiger partial charge in [-0.25, -0.2) is 4.39 Å². The van der Waals surface area contributed by atoms with Crippen LogP contribution in [0.4, 0.5) is 4.39 Å². The zero-order chi connectivity index (χ0) is 12.0. The minimum atomic E-state index is -0.250. The van der Waals surface area contributed by atoms with Crippen molar-refractivity contribution in [2.75, 3.05) is 6.54 Å². The van der Waals surface area contributed by atoms with Crippen LogP contribution in [-0.4, -0.2) is 18.5 Å². The van der Waals surface area contributed by atoms with Crippen molar-refractivity contribution in [3.05, 3.63) is 35.6 Å². The summed E-state index contributed by atoms with van der Waals surface area (Å²) in [6.45, 7) is 4.86. The molecule has 0 aromatic heterocycles. The van der Waals surface area contributed by atoms with Crippen LogP contribution in [0.15, 0.2) is 24.3 Å². The Morgan fingerprint density at radius 2 is 2.00 bits per heavy atom. The number of hydrogen-bond acceptors (Lipinski definition) is 2. The molecule has 0 saturated carbocycles. The molecule has 0 aliphatic carbocycles. The number of benzene rings is 1. The molecular formula is C12H17FN2O. The number of rotatable bonds is 5. The second-order valence-corrected chi connectivity index (χ2v) is 3.62. The van der Waals surface area contributed by atoms with Crippen LogP contribution in [0.25, 0.3) is 0 Å². The number of likely N-dealkylation sites (N-methyl/N-ethyl adjacent to an activating group) is 1. The third kappa shape index (κ3) is 3.98. The fourth-order valence-electron chi connectivity index (χ4n) is 1.29. The second-order valence-electron chi connectivity index (χ2n) is 3.62. The summed E-state index contributed by atoms with van der Waals surface area (Å²) < 4.78 is 12.6. The largest absolute Gasteiger partial charge is 0.355 e. The maximum Gasteiger partial charge on any atom is 0.236 e. The normalized spacial score (nSPS) is 12.2. The van der Waals surface area contributed by atoms with Gasteiger partial charge in [0.05, 0.1) is 6.04 Å². The predicted molar refractivity (Wildman–Crippen MR) is 61.4 cm³/mol. The van der Waals surface area contributed by atoms with Gasteiger partial charge in [-0.2, -0.15) is 0 Å². The highest BCUT2D eigenvalue weighted by Gasteiger charge is 2.10. The number of amides is 1. The summed E-state index contributed by atoms with van der Waals surface area (Å²) >= 11 is 0. The Kier molecular flexibility index (Phi) is 4.92. The van der Waals surface area contributed by atoms with Gasteiger partial charge in [0.1, 0.15) is 5.82 Å². The van der Waals surface area contributed by atoms with Crippen LogP contribution < -0.4 is 10.6 Å². The third-order valence-corrected chi connectivity index (χ3v) is 2.27. The van der Waals surface area contributed by atoms with Crippen LogP contribution in [0, 0.1) is 5.82 Å². The third-order valence-electron chi connectivity index (χ3n) is 2.27. The molecular weight excluding hydrogens is 207 g/mol. The molecule has 0 saturated heterocycles. The first-order valence-corrected chi connectivity index (χ1v) is 5.39. The SMILES string of the molecule is CCNC(=O)C(C)NCc1ccc(F)cc1. The molecule has 2 N–H and O–H groups in total. The minimum absolute atomic E-state index is 0.0235. The Hall–Kier alpha value is -1.42. The van der Waals surface area contributed by atoms with E-state index >= 15 is 0 Å². The fourth-order valence-corrected chi connectivity index (χ4v) is 1.29. The standard InChI is InChI=1S/C12H17FN2O/c1-3-14-12(16)9(2)15-8-10-4-6-11(13)7-5-10/h4-7,9,15H,3,8H2,1-2H3,(H,14,16). The van der Waals surface area contributed by atoms with Crippen molar-refractivity contribution in [3.63, 3.8) is 0 Å². The van der Waals surface area contributed by atoms with Crippen molar-refractivity contribution in [1.29, 1.82) is 0 Å². The molecule has 0 aliphatic heterocycles. The highest BCUT2D eigenvalue weighted by atomic mass is 19.1. The smallest absolute Gasteiger partial charge is 0.236 e. The average molecular weight is 224 g/mol. The van der Waals surface area contributed by atoms with E-state index in [1.165, 1.54) is 12.1 Å². The first-order chi connectivity index (χ1) is 7.63. The summed E-state index contributed by atoms with van der Waals surface area (Å²) in [7, 11) is 0. The van der Waals surface area contributed by atoms with E-state index in [1.54, 1.807) is 19.1 Å². The molecule has 16 heavy (non-hydrogen) atoms. The first kappa shape index (κ1) is 12.6. The van der Waals surface area contributed by atoms with Crippen LogP contribution in [-0.2, 0) is 11.3 Å². The van der Waals surface area contributed by atoms with E-state index in [0.717, 1.165) is 5.56 Å². The van der Waals surface area contributed by atoms with E-state index in [1.807, 2.05) is 6.92 Å². The van der Waals surface area contributed by atoms with Gasteiger partial charge in [0.25, 0.3) is 0 Å². The average Bonchev–Trinajstić information content (AvgIpc) is 2.28. The van der Waals surface area contributed by atoms with Crippen molar-refractivity contribution >= 4 is 5.91 Å². The zero-order valence-electron chi connectivity index (χ0n) is 9.59. The molecule has 1 amide bonds. The summed E-state index contributed by atoms with van der Waals surface area (Å²) in [6.07, 6.45) is 0. The molecule has 1 aromatic carbocycles. The molecule has 0 radical (unpaired) electrons. The van der Waals surface area contributed by atoms with Crippen LogP contribution in [0.1, 0.15) is 19.4 Å². The first-order valence-electron chi connectivity index (χ1n) is 5.39.